The molecule has 1 fully saturated rings. The number of nitrogens with zero attached hydrogens (tertiary/aromatic N) is 2. The molecule has 0 spiro atoms. The SMILES string of the molecule is CC(C)(C)OC(=O)N1CC2=CN(c3ccccc3CN)CC2C1. The summed E-state index contributed by atoms with van der Waals surface area (Å²) in [5, 5.41) is 0. The minimum Gasteiger partial charge on any atom is -0.444 e. The van der Waals surface area contributed by atoms with Crippen LogP contribution < -0.4 is 10.6 Å². The zero-order chi connectivity index (χ0) is 16.6. The van der Waals surface area contributed by atoms with Crippen molar-refractivity contribution in [1.82, 2.24) is 4.90 Å². The number of carbonyl (C=O) groups is 1. The molecule has 3 rings (SSSR count). The number of nitrogens with two attached hydrogens (primary N) is 1. The minimum absolute atomic E-state index is 0.221. The van der Waals surface area contributed by atoms with Gasteiger partial charge in [0.1, 0.15) is 5.60 Å². The summed E-state index contributed by atoms with van der Waals surface area (Å²) in [5.74, 6) is 0.383. The lowest BCUT2D eigenvalue weighted by Gasteiger charge is -2.25. The molecule has 2 N–H and O–H groups in total. The van der Waals surface area contributed by atoms with Gasteiger partial charge in [0.25, 0.3) is 0 Å². The van der Waals surface area contributed by atoms with Crippen LogP contribution in [0.5, 0.6) is 0 Å². The highest BCUT2D eigenvalue weighted by Gasteiger charge is 2.37. The van der Waals surface area contributed by atoms with Crippen LogP contribution in [0.1, 0.15) is 26.3 Å². The number of anilines is 1. The Balaban J connectivity index is 1.70. The topological polar surface area (TPSA) is 58.8 Å². The minimum atomic E-state index is -0.449. The number of hydrogen-bond acceptors (Lipinski definition) is 4. The number of amides is 1. The smallest absolute Gasteiger partial charge is 0.410 e. The Bertz CT molecular complexity index is 633. The highest BCUT2D eigenvalue weighted by atomic mass is 16.6. The number of rotatable bonds is 2. The molecule has 1 aromatic carbocycles. The maximum atomic E-state index is 12.2. The van der Waals surface area contributed by atoms with Crippen LogP contribution in [0.25, 0.3) is 0 Å². The number of hydrogen-bond donors (Lipinski definition) is 1. The summed E-state index contributed by atoms with van der Waals surface area (Å²) in [4.78, 5) is 16.2. The first-order valence-electron chi connectivity index (χ1n) is 8.10. The Labute approximate surface area is 137 Å². The van der Waals surface area contributed by atoms with E-state index in [1.54, 1.807) is 4.90 Å². The summed E-state index contributed by atoms with van der Waals surface area (Å²) < 4.78 is 5.46. The van der Waals surface area contributed by atoms with E-state index in [-0.39, 0.29) is 6.09 Å². The second-order valence-electron chi connectivity index (χ2n) is 7.25. The highest BCUT2D eigenvalue weighted by molar-refractivity contribution is 5.70. The van der Waals surface area contributed by atoms with Gasteiger partial charge in [-0.3, -0.25) is 0 Å². The third kappa shape index (κ3) is 3.34. The summed E-state index contributed by atoms with van der Waals surface area (Å²) in [5.41, 5.74) is 9.00. The molecular formula is C18H25N3O2. The molecule has 0 bridgehead atoms. The highest BCUT2D eigenvalue weighted by Crippen LogP contribution is 2.34. The van der Waals surface area contributed by atoms with Crippen LogP contribution in [0.4, 0.5) is 10.5 Å². The largest absolute Gasteiger partial charge is 0.444 e. The van der Waals surface area contributed by atoms with Crippen molar-refractivity contribution in [2.45, 2.75) is 32.9 Å². The van der Waals surface area contributed by atoms with Crippen LogP contribution in [0.15, 0.2) is 36.0 Å². The Morgan fingerprint density at radius 3 is 2.70 bits per heavy atom. The number of likely N-dealkylation sites (tertiary alicyclic amines) is 1. The van der Waals surface area contributed by atoms with E-state index in [2.05, 4.69) is 23.2 Å². The van der Waals surface area contributed by atoms with Gasteiger partial charge in [-0.25, -0.2) is 4.79 Å². The molecule has 1 saturated heterocycles. The number of carbonyl (C=O) groups excluding carboxylic acids is 1. The van der Waals surface area contributed by atoms with Gasteiger partial charge in [-0.1, -0.05) is 18.2 Å². The Morgan fingerprint density at radius 2 is 2.04 bits per heavy atom. The van der Waals surface area contributed by atoms with E-state index in [1.807, 2.05) is 32.9 Å². The third-order valence-corrected chi connectivity index (χ3v) is 4.25. The van der Waals surface area contributed by atoms with E-state index in [9.17, 15) is 4.79 Å². The van der Waals surface area contributed by atoms with E-state index in [0.717, 1.165) is 18.7 Å². The van der Waals surface area contributed by atoms with Crippen molar-refractivity contribution in [3.05, 3.63) is 41.6 Å². The maximum absolute atomic E-state index is 12.2. The van der Waals surface area contributed by atoms with E-state index in [0.29, 0.717) is 19.0 Å². The standard InChI is InChI=1S/C18H25N3O2/c1-18(2,3)23-17(22)21-11-14-9-20(10-15(14)12-21)16-7-5-4-6-13(16)8-19/h4-7,9,15H,8,10-12,19H2,1-3H3. The fraction of sp³-hybridized carbons (Fsp3) is 0.500. The van der Waals surface area contributed by atoms with Gasteiger partial charge in [0.2, 0.25) is 0 Å². The van der Waals surface area contributed by atoms with Gasteiger partial charge in [-0.05, 0) is 38.0 Å². The number of fused-ring (bicyclic) bond motifs is 1. The lowest BCUT2D eigenvalue weighted by molar-refractivity contribution is 0.0291. The maximum Gasteiger partial charge on any atom is 0.410 e. The van der Waals surface area contributed by atoms with Crippen molar-refractivity contribution in [3.8, 4) is 0 Å². The van der Waals surface area contributed by atoms with Crippen molar-refractivity contribution < 1.29 is 9.53 Å². The second-order valence-corrected chi connectivity index (χ2v) is 7.25. The Hall–Kier alpha value is -2.01. The van der Waals surface area contributed by atoms with Crippen molar-refractivity contribution >= 4 is 11.8 Å². The molecule has 0 radical (unpaired) electrons. The molecule has 1 atom stereocenters. The second kappa shape index (κ2) is 5.89. The first-order valence-corrected chi connectivity index (χ1v) is 8.10. The van der Waals surface area contributed by atoms with Gasteiger partial charge in [0.05, 0.1) is 0 Å². The fourth-order valence-corrected chi connectivity index (χ4v) is 3.21. The van der Waals surface area contributed by atoms with E-state index < -0.39 is 5.60 Å². The lowest BCUT2D eigenvalue weighted by Crippen LogP contribution is -2.36. The van der Waals surface area contributed by atoms with Crippen molar-refractivity contribution in [3.63, 3.8) is 0 Å². The molecule has 1 aromatic rings. The summed E-state index contributed by atoms with van der Waals surface area (Å²) in [7, 11) is 0. The molecule has 124 valence electrons. The summed E-state index contributed by atoms with van der Waals surface area (Å²) in [6, 6.07) is 8.22. The lowest BCUT2D eigenvalue weighted by atomic mass is 10.1. The Kier molecular flexibility index (Phi) is 4.06. The van der Waals surface area contributed by atoms with Crippen molar-refractivity contribution in [2.24, 2.45) is 11.7 Å². The molecule has 23 heavy (non-hydrogen) atoms. The Morgan fingerprint density at radius 1 is 1.30 bits per heavy atom. The predicted molar refractivity (Wildman–Crippen MR) is 91.1 cm³/mol. The summed E-state index contributed by atoms with van der Waals surface area (Å²) in [6.45, 7) is 8.49. The third-order valence-electron chi connectivity index (χ3n) is 4.25. The van der Waals surface area contributed by atoms with Crippen LogP contribution in [0.2, 0.25) is 0 Å². The zero-order valence-electron chi connectivity index (χ0n) is 14.1. The molecule has 5 heteroatoms. The molecule has 5 nitrogen and oxygen atoms in total. The number of para-hydroxylation sites is 1. The monoisotopic (exact) mass is 315 g/mol. The molecule has 1 unspecified atom stereocenters. The average molecular weight is 315 g/mol. The van der Waals surface area contributed by atoms with Gasteiger partial charge >= 0.3 is 6.09 Å². The van der Waals surface area contributed by atoms with E-state index in [1.165, 1.54) is 11.3 Å². The van der Waals surface area contributed by atoms with Gasteiger partial charge < -0.3 is 20.3 Å². The van der Waals surface area contributed by atoms with E-state index in [4.69, 9.17) is 10.5 Å². The van der Waals surface area contributed by atoms with Crippen molar-refractivity contribution in [2.75, 3.05) is 24.5 Å². The van der Waals surface area contributed by atoms with Crippen LogP contribution in [-0.4, -0.2) is 36.2 Å². The number of benzene rings is 1. The summed E-state index contributed by atoms with van der Waals surface area (Å²) in [6.07, 6.45) is 1.95. The first kappa shape index (κ1) is 15.9. The van der Waals surface area contributed by atoms with Gasteiger partial charge in [0, 0.05) is 44.0 Å². The molecule has 2 aliphatic rings. The van der Waals surface area contributed by atoms with Crippen LogP contribution in [0.3, 0.4) is 0 Å². The molecule has 0 aliphatic carbocycles. The van der Waals surface area contributed by atoms with Crippen LogP contribution in [0, 0.1) is 5.92 Å². The quantitative estimate of drug-likeness (QED) is 0.911. The predicted octanol–water partition coefficient (Wildman–Crippen LogP) is 2.72. The zero-order valence-corrected chi connectivity index (χ0v) is 14.1. The van der Waals surface area contributed by atoms with Gasteiger partial charge in [-0.15, -0.1) is 0 Å². The van der Waals surface area contributed by atoms with Gasteiger partial charge in [-0.2, -0.15) is 0 Å². The van der Waals surface area contributed by atoms with E-state index >= 15 is 0 Å². The molecule has 0 aromatic heterocycles. The first-order chi connectivity index (χ1) is 10.9. The summed E-state index contributed by atoms with van der Waals surface area (Å²) >= 11 is 0. The molecule has 0 saturated carbocycles. The number of ether oxygens (including phenoxy) is 1. The molecule has 1 amide bonds. The van der Waals surface area contributed by atoms with Crippen LogP contribution in [-0.2, 0) is 11.3 Å². The van der Waals surface area contributed by atoms with Crippen molar-refractivity contribution in [1.29, 1.82) is 0 Å². The molecular weight excluding hydrogens is 290 g/mol. The molecule has 2 heterocycles. The fourth-order valence-electron chi connectivity index (χ4n) is 3.21. The normalized spacial score (nSPS) is 20.5. The van der Waals surface area contributed by atoms with Gasteiger partial charge in [0.15, 0.2) is 0 Å². The van der Waals surface area contributed by atoms with Crippen LogP contribution >= 0.6 is 0 Å². The molecule has 2 aliphatic heterocycles. The average Bonchev–Trinajstić information content (AvgIpc) is 3.03.